The van der Waals surface area contributed by atoms with Gasteiger partial charge in [-0.05, 0) is 53.4 Å². The van der Waals surface area contributed by atoms with Gasteiger partial charge < -0.3 is 19.7 Å². The van der Waals surface area contributed by atoms with Crippen molar-refractivity contribution in [1.29, 1.82) is 0 Å². The molecule has 1 aliphatic carbocycles. The molecule has 34 heavy (non-hydrogen) atoms. The van der Waals surface area contributed by atoms with Crippen LogP contribution < -0.4 is 9.47 Å². The number of benzene rings is 4. The van der Waals surface area contributed by atoms with Crippen LogP contribution in [0.5, 0.6) is 23.0 Å². The number of hydrogen-bond acceptors (Lipinski definition) is 4. The molecule has 0 radical (unpaired) electrons. The van der Waals surface area contributed by atoms with Crippen molar-refractivity contribution in [2.24, 2.45) is 0 Å². The van der Waals surface area contributed by atoms with E-state index in [0.29, 0.717) is 17.5 Å². The molecule has 4 nitrogen and oxygen atoms in total. The molecular weight excluding hydrogens is 424 g/mol. The van der Waals surface area contributed by atoms with Crippen LogP contribution in [0.2, 0.25) is 0 Å². The maximum absolute atomic E-state index is 11.2. The van der Waals surface area contributed by atoms with E-state index in [1.165, 1.54) is 0 Å². The molecular formula is C30H26O4. The van der Waals surface area contributed by atoms with Gasteiger partial charge in [-0.3, -0.25) is 0 Å². The van der Waals surface area contributed by atoms with Crippen LogP contribution in [0, 0.1) is 0 Å². The van der Waals surface area contributed by atoms with Gasteiger partial charge in [-0.15, -0.1) is 0 Å². The Balaban J connectivity index is 1.64. The molecule has 0 spiro atoms. The molecule has 0 fully saturated rings. The van der Waals surface area contributed by atoms with Crippen molar-refractivity contribution in [1.82, 2.24) is 0 Å². The highest BCUT2D eigenvalue weighted by Gasteiger charge is 2.36. The van der Waals surface area contributed by atoms with E-state index < -0.39 is 5.41 Å². The molecule has 0 bridgehead atoms. The summed E-state index contributed by atoms with van der Waals surface area (Å²) in [6.07, 6.45) is 4.82. The average Bonchev–Trinajstić information content (AvgIpc) is 2.89. The lowest BCUT2D eigenvalue weighted by atomic mass is 9.67. The van der Waals surface area contributed by atoms with Crippen molar-refractivity contribution in [2.75, 3.05) is 14.2 Å². The number of phenolic OH excluding ortho intramolecular Hbond substituents is 2. The largest absolute Gasteiger partial charge is 0.507 e. The third kappa shape index (κ3) is 3.57. The first kappa shape index (κ1) is 21.7. The molecule has 0 atom stereocenters. The number of rotatable bonds is 5. The maximum Gasteiger partial charge on any atom is 0.131 e. The van der Waals surface area contributed by atoms with E-state index in [1.54, 1.807) is 26.4 Å². The number of ether oxygens (including phenoxy) is 2. The van der Waals surface area contributed by atoms with Gasteiger partial charge >= 0.3 is 0 Å². The van der Waals surface area contributed by atoms with E-state index in [4.69, 9.17) is 9.47 Å². The molecule has 0 saturated carbocycles. The molecule has 0 heterocycles. The Morgan fingerprint density at radius 3 is 1.82 bits per heavy atom. The fourth-order valence-corrected chi connectivity index (χ4v) is 4.83. The minimum atomic E-state index is -0.422. The number of para-hydroxylation sites is 1. The normalized spacial score (nSPS) is 13.8. The van der Waals surface area contributed by atoms with Crippen LogP contribution in [0.25, 0.3) is 17.2 Å². The minimum absolute atomic E-state index is 0.142. The van der Waals surface area contributed by atoms with Crippen LogP contribution in [0.1, 0.15) is 22.3 Å². The highest BCUT2D eigenvalue weighted by molar-refractivity contribution is 5.82. The van der Waals surface area contributed by atoms with Crippen molar-refractivity contribution in [3.8, 4) is 34.1 Å². The lowest BCUT2D eigenvalue weighted by Gasteiger charge is -2.36. The molecule has 5 rings (SSSR count). The topological polar surface area (TPSA) is 58.9 Å². The summed E-state index contributed by atoms with van der Waals surface area (Å²) in [6.45, 7) is 0. The monoisotopic (exact) mass is 450 g/mol. The first-order valence-corrected chi connectivity index (χ1v) is 11.2. The van der Waals surface area contributed by atoms with Gasteiger partial charge in [-0.2, -0.15) is 0 Å². The fraction of sp³-hybridized carbons (Fsp3) is 0.133. The van der Waals surface area contributed by atoms with Gasteiger partial charge in [0.25, 0.3) is 0 Å². The van der Waals surface area contributed by atoms with Gasteiger partial charge in [0, 0.05) is 22.1 Å². The zero-order chi connectivity index (χ0) is 23.7. The summed E-state index contributed by atoms with van der Waals surface area (Å²) in [5.41, 5.74) is 4.87. The van der Waals surface area contributed by atoms with E-state index in [9.17, 15) is 10.2 Å². The number of aromatic hydroxyl groups is 2. The van der Waals surface area contributed by atoms with E-state index in [-0.39, 0.29) is 11.5 Å². The predicted molar refractivity (Wildman–Crippen MR) is 135 cm³/mol. The summed E-state index contributed by atoms with van der Waals surface area (Å²) in [4.78, 5) is 0. The standard InChI is InChI=1S/C30H26O4/c1-33-23-12-8-21(9-13-23)30(22-10-14-24(34-2)15-11-22)18-17-25-20(19-30)7-16-27(29(25)32)26-5-3-4-6-28(26)31/h3-18,31-32H,19H2,1-2H3. The zero-order valence-corrected chi connectivity index (χ0v) is 19.2. The molecule has 0 amide bonds. The van der Waals surface area contributed by atoms with Gasteiger partial charge in [0.15, 0.2) is 0 Å². The van der Waals surface area contributed by atoms with Crippen LogP contribution in [0.15, 0.2) is 91.0 Å². The van der Waals surface area contributed by atoms with Gasteiger partial charge in [-0.1, -0.05) is 66.7 Å². The van der Waals surface area contributed by atoms with Crippen LogP contribution in [-0.2, 0) is 11.8 Å². The summed E-state index contributed by atoms with van der Waals surface area (Å²) in [6, 6.07) is 27.2. The Morgan fingerprint density at radius 2 is 1.26 bits per heavy atom. The summed E-state index contributed by atoms with van der Waals surface area (Å²) < 4.78 is 10.7. The van der Waals surface area contributed by atoms with Crippen molar-refractivity contribution in [2.45, 2.75) is 11.8 Å². The zero-order valence-electron chi connectivity index (χ0n) is 19.2. The first-order valence-electron chi connectivity index (χ1n) is 11.2. The summed E-state index contributed by atoms with van der Waals surface area (Å²) in [5.74, 6) is 1.93. The van der Waals surface area contributed by atoms with Crippen LogP contribution in [0.4, 0.5) is 0 Å². The van der Waals surface area contributed by atoms with Gasteiger partial charge in [0.2, 0.25) is 0 Å². The molecule has 4 aromatic rings. The minimum Gasteiger partial charge on any atom is -0.507 e. The van der Waals surface area contributed by atoms with E-state index in [1.807, 2.05) is 54.6 Å². The van der Waals surface area contributed by atoms with Crippen LogP contribution in [-0.4, -0.2) is 24.4 Å². The van der Waals surface area contributed by atoms with Crippen molar-refractivity contribution < 1.29 is 19.7 Å². The SMILES string of the molecule is COc1ccc(C2(c3ccc(OC)cc3)C=Cc3c(ccc(-c4ccccc4O)c3O)C2)cc1. The molecule has 0 aromatic heterocycles. The highest BCUT2D eigenvalue weighted by atomic mass is 16.5. The van der Waals surface area contributed by atoms with E-state index in [0.717, 1.165) is 33.8 Å². The van der Waals surface area contributed by atoms with Crippen molar-refractivity contribution in [3.63, 3.8) is 0 Å². The van der Waals surface area contributed by atoms with E-state index >= 15 is 0 Å². The van der Waals surface area contributed by atoms with Gasteiger partial charge in [-0.25, -0.2) is 0 Å². The summed E-state index contributed by atoms with van der Waals surface area (Å²) >= 11 is 0. The van der Waals surface area contributed by atoms with E-state index in [2.05, 4.69) is 30.3 Å². The van der Waals surface area contributed by atoms with Gasteiger partial charge in [0.1, 0.15) is 23.0 Å². The third-order valence-corrected chi connectivity index (χ3v) is 6.72. The molecule has 170 valence electrons. The number of allylic oxidation sites excluding steroid dienone is 1. The Kier molecular flexibility index (Phi) is 5.50. The molecule has 4 heteroatoms. The number of phenols is 2. The third-order valence-electron chi connectivity index (χ3n) is 6.72. The number of hydrogen-bond donors (Lipinski definition) is 2. The molecule has 0 saturated heterocycles. The highest BCUT2D eigenvalue weighted by Crippen LogP contribution is 2.47. The molecule has 0 aliphatic heterocycles. The van der Waals surface area contributed by atoms with Crippen molar-refractivity contribution >= 4 is 6.08 Å². The number of fused-ring (bicyclic) bond motifs is 1. The second kappa shape index (κ2) is 8.64. The Morgan fingerprint density at radius 1 is 0.676 bits per heavy atom. The number of methoxy groups -OCH3 is 2. The van der Waals surface area contributed by atoms with Crippen molar-refractivity contribution in [3.05, 3.63) is 113 Å². The predicted octanol–water partition coefficient (Wildman–Crippen LogP) is 6.34. The molecule has 2 N–H and O–H groups in total. The Labute approximate surface area is 199 Å². The second-order valence-electron chi connectivity index (χ2n) is 8.49. The molecule has 1 aliphatic rings. The lowest BCUT2D eigenvalue weighted by molar-refractivity contribution is 0.414. The summed E-state index contributed by atoms with van der Waals surface area (Å²) in [5, 5.41) is 21.5. The smallest absolute Gasteiger partial charge is 0.131 e. The Hall–Kier alpha value is -4.18. The first-order chi connectivity index (χ1) is 16.6. The van der Waals surface area contributed by atoms with Gasteiger partial charge in [0.05, 0.1) is 14.2 Å². The summed E-state index contributed by atoms with van der Waals surface area (Å²) in [7, 11) is 3.33. The molecule has 4 aromatic carbocycles. The van der Waals surface area contributed by atoms with Crippen LogP contribution in [0.3, 0.4) is 0 Å². The molecule has 0 unspecified atom stereocenters. The maximum atomic E-state index is 11.2. The second-order valence-corrected chi connectivity index (χ2v) is 8.49. The lowest BCUT2D eigenvalue weighted by Crippen LogP contribution is -2.30. The van der Waals surface area contributed by atoms with Crippen LogP contribution >= 0.6 is 0 Å². The Bertz CT molecular complexity index is 1300. The average molecular weight is 451 g/mol. The quantitative estimate of drug-likeness (QED) is 0.373. The fourth-order valence-electron chi connectivity index (χ4n) is 4.83.